The van der Waals surface area contributed by atoms with Gasteiger partial charge in [-0.3, -0.25) is 0 Å². The summed E-state index contributed by atoms with van der Waals surface area (Å²) < 4.78 is 36.7. The van der Waals surface area contributed by atoms with Crippen molar-refractivity contribution in [3.8, 4) is 22.3 Å². The van der Waals surface area contributed by atoms with Gasteiger partial charge in [-0.1, -0.05) is 36.4 Å². The van der Waals surface area contributed by atoms with Gasteiger partial charge in [0, 0.05) is 4.90 Å². The molecule has 0 aliphatic rings. The van der Waals surface area contributed by atoms with Crippen molar-refractivity contribution >= 4 is 22.7 Å². The van der Waals surface area contributed by atoms with Crippen molar-refractivity contribution in [2.45, 2.75) is 23.6 Å². The highest BCUT2D eigenvalue weighted by atomic mass is 32.2. The summed E-state index contributed by atoms with van der Waals surface area (Å²) >= 11 is 4.57. The van der Waals surface area contributed by atoms with Gasteiger partial charge in [-0.25, -0.2) is 17.9 Å². The summed E-state index contributed by atoms with van der Waals surface area (Å²) in [4.78, 5) is 0.237. The van der Waals surface area contributed by atoms with Gasteiger partial charge in [0.05, 0.1) is 0 Å². The third-order valence-electron chi connectivity index (χ3n) is 4.39. The van der Waals surface area contributed by atoms with Crippen LogP contribution in [0.3, 0.4) is 0 Å². The Bertz CT molecular complexity index is 1110. The molecule has 0 bridgehead atoms. The number of rotatable bonds is 3. The number of halogens is 1. The van der Waals surface area contributed by atoms with Gasteiger partial charge in [0.2, 0.25) is 10.0 Å². The molecule has 0 atom stereocenters. The molecular formula is C20H18FNO2S2. The zero-order valence-corrected chi connectivity index (χ0v) is 16.0. The largest absolute Gasteiger partial charge is 0.240 e. The summed E-state index contributed by atoms with van der Waals surface area (Å²) in [6, 6.07) is 15.7. The maximum atomic E-state index is 14.1. The van der Waals surface area contributed by atoms with Crippen molar-refractivity contribution in [1.29, 1.82) is 0 Å². The summed E-state index contributed by atoms with van der Waals surface area (Å²) in [5.41, 5.74) is 5.73. The Morgan fingerprint density at radius 1 is 0.846 bits per heavy atom. The molecule has 0 saturated carbocycles. The van der Waals surface area contributed by atoms with Crippen LogP contribution in [0.25, 0.3) is 22.3 Å². The molecule has 6 heteroatoms. The molecule has 134 valence electrons. The van der Waals surface area contributed by atoms with Crippen molar-refractivity contribution < 1.29 is 12.8 Å². The number of aryl methyl sites for hydroxylation is 2. The minimum absolute atomic E-state index is 0.515. The van der Waals surface area contributed by atoms with E-state index in [0.717, 1.165) is 27.7 Å². The predicted molar refractivity (Wildman–Crippen MR) is 105 cm³/mol. The fourth-order valence-corrected chi connectivity index (χ4v) is 3.71. The minimum Gasteiger partial charge on any atom is -0.225 e. The highest BCUT2D eigenvalue weighted by Gasteiger charge is 2.15. The smallest absolute Gasteiger partial charge is 0.225 e. The molecule has 0 aliphatic heterocycles. The van der Waals surface area contributed by atoms with E-state index in [0.29, 0.717) is 5.56 Å². The molecule has 0 fully saturated rings. The summed E-state index contributed by atoms with van der Waals surface area (Å²) in [6.45, 7) is 4.12. The van der Waals surface area contributed by atoms with Gasteiger partial charge in [-0.15, -0.1) is 12.6 Å². The second-order valence-electron chi connectivity index (χ2n) is 6.22. The Hall–Kier alpha value is -2.15. The molecule has 0 saturated heterocycles. The fourth-order valence-electron chi connectivity index (χ4n) is 2.78. The summed E-state index contributed by atoms with van der Waals surface area (Å²) in [6.07, 6.45) is 0. The lowest BCUT2D eigenvalue weighted by molar-refractivity contribution is 0.568. The molecule has 0 spiro atoms. The first-order chi connectivity index (χ1) is 12.2. The van der Waals surface area contributed by atoms with Gasteiger partial charge in [-0.05, 0) is 65.4 Å². The first kappa shape index (κ1) is 18.6. The van der Waals surface area contributed by atoms with E-state index in [-0.39, 0.29) is 0 Å². The lowest BCUT2D eigenvalue weighted by Gasteiger charge is -2.11. The Kier molecular flexibility index (Phi) is 4.92. The minimum atomic E-state index is -4.08. The Balaban J connectivity index is 2.02. The zero-order chi connectivity index (χ0) is 19.1. The lowest BCUT2D eigenvalue weighted by atomic mass is 9.97. The van der Waals surface area contributed by atoms with Crippen molar-refractivity contribution in [1.82, 2.24) is 0 Å². The molecule has 0 radical (unpaired) electrons. The highest BCUT2D eigenvalue weighted by molar-refractivity contribution is 7.89. The van der Waals surface area contributed by atoms with Gasteiger partial charge < -0.3 is 0 Å². The van der Waals surface area contributed by atoms with Crippen molar-refractivity contribution in [3.63, 3.8) is 0 Å². The quantitative estimate of drug-likeness (QED) is 0.639. The average Bonchev–Trinajstić information content (AvgIpc) is 2.56. The molecule has 3 aromatic rings. The predicted octanol–water partition coefficient (Wildman–Crippen LogP) is 4.71. The van der Waals surface area contributed by atoms with Gasteiger partial charge in [0.25, 0.3) is 0 Å². The number of thiol groups is 1. The van der Waals surface area contributed by atoms with Gasteiger partial charge in [0.1, 0.15) is 10.7 Å². The maximum absolute atomic E-state index is 14.1. The third-order valence-corrected chi connectivity index (χ3v) is 5.70. The van der Waals surface area contributed by atoms with E-state index in [1.165, 1.54) is 23.3 Å². The van der Waals surface area contributed by atoms with E-state index >= 15 is 0 Å². The number of hydrogen-bond acceptors (Lipinski definition) is 3. The van der Waals surface area contributed by atoms with E-state index in [1.807, 2.05) is 24.3 Å². The summed E-state index contributed by atoms with van der Waals surface area (Å²) in [7, 11) is -4.08. The number of primary sulfonamides is 1. The van der Waals surface area contributed by atoms with Crippen LogP contribution in [0, 0.1) is 19.7 Å². The van der Waals surface area contributed by atoms with Crippen LogP contribution in [0.15, 0.2) is 64.4 Å². The molecule has 0 aromatic heterocycles. The van der Waals surface area contributed by atoms with Crippen LogP contribution in [0.1, 0.15) is 11.1 Å². The van der Waals surface area contributed by atoms with E-state index in [9.17, 15) is 12.8 Å². The van der Waals surface area contributed by atoms with E-state index in [2.05, 4.69) is 38.6 Å². The highest BCUT2D eigenvalue weighted by Crippen LogP contribution is 2.32. The molecule has 0 unspecified atom stereocenters. The second-order valence-corrected chi connectivity index (χ2v) is 8.23. The molecule has 3 aromatic carbocycles. The normalized spacial score (nSPS) is 11.6. The summed E-state index contributed by atoms with van der Waals surface area (Å²) in [5, 5.41) is 5.00. The molecular weight excluding hydrogens is 369 g/mol. The van der Waals surface area contributed by atoms with Gasteiger partial charge in [-0.2, -0.15) is 0 Å². The van der Waals surface area contributed by atoms with Crippen LogP contribution in [-0.2, 0) is 10.0 Å². The van der Waals surface area contributed by atoms with Crippen molar-refractivity contribution in [2.24, 2.45) is 5.14 Å². The molecule has 2 N–H and O–H groups in total. The first-order valence-corrected chi connectivity index (χ1v) is 9.89. The van der Waals surface area contributed by atoms with E-state index in [1.54, 1.807) is 0 Å². The standard InChI is InChI=1S/C20H18FNO2S2/c1-12-3-4-16(9-13(12)2)17-7-5-15(11-19(17)25)14-6-8-20(18(21)10-14)26(22,23)24/h3-11,25H,1-2H3,(H2,22,23,24). The first-order valence-electron chi connectivity index (χ1n) is 7.90. The SMILES string of the molecule is Cc1ccc(-c2ccc(-c3ccc(S(N)(=O)=O)c(F)c3)cc2S)cc1C. The van der Waals surface area contributed by atoms with Crippen LogP contribution >= 0.6 is 12.6 Å². The average molecular weight is 388 g/mol. The number of benzene rings is 3. The third kappa shape index (κ3) is 3.67. The number of sulfonamides is 1. The van der Waals surface area contributed by atoms with Crippen LogP contribution < -0.4 is 5.14 Å². The Morgan fingerprint density at radius 3 is 2.04 bits per heavy atom. The van der Waals surface area contributed by atoms with Crippen LogP contribution in [0.5, 0.6) is 0 Å². The molecule has 0 amide bonds. The summed E-state index contributed by atoms with van der Waals surface area (Å²) in [5.74, 6) is -0.871. The molecule has 3 rings (SSSR count). The maximum Gasteiger partial charge on any atom is 0.240 e. The fraction of sp³-hybridized carbons (Fsp3) is 0.100. The van der Waals surface area contributed by atoms with Crippen molar-refractivity contribution in [2.75, 3.05) is 0 Å². The molecule has 0 heterocycles. The van der Waals surface area contributed by atoms with Crippen LogP contribution in [0.2, 0.25) is 0 Å². The molecule has 0 aliphatic carbocycles. The Labute approximate surface area is 158 Å². The van der Waals surface area contributed by atoms with Crippen LogP contribution in [0.4, 0.5) is 4.39 Å². The Morgan fingerprint density at radius 2 is 1.46 bits per heavy atom. The van der Waals surface area contributed by atoms with E-state index < -0.39 is 20.7 Å². The monoisotopic (exact) mass is 387 g/mol. The second kappa shape index (κ2) is 6.87. The number of nitrogens with two attached hydrogens (primary N) is 1. The van der Waals surface area contributed by atoms with Gasteiger partial charge in [0.15, 0.2) is 0 Å². The molecule has 26 heavy (non-hydrogen) atoms. The zero-order valence-electron chi connectivity index (χ0n) is 14.3. The molecule has 3 nitrogen and oxygen atoms in total. The van der Waals surface area contributed by atoms with E-state index in [4.69, 9.17) is 5.14 Å². The van der Waals surface area contributed by atoms with Crippen LogP contribution in [-0.4, -0.2) is 8.42 Å². The van der Waals surface area contributed by atoms with Crippen molar-refractivity contribution in [3.05, 3.63) is 71.5 Å². The lowest BCUT2D eigenvalue weighted by Crippen LogP contribution is -2.13. The topological polar surface area (TPSA) is 60.2 Å². The van der Waals surface area contributed by atoms with Gasteiger partial charge >= 0.3 is 0 Å². The number of hydrogen-bond donors (Lipinski definition) is 2.